The van der Waals surface area contributed by atoms with Gasteiger partial charge in [-0.1, -0.05) is 187 Å². The average molecular weight is 810 g/mol. The molecule has 0 fully saturated rings. The zero-order chi connectivity index (χ0) is 42.8. The van der Waals surface area contributed by atoms with Crippen molar-refractivity contribution in [1.82, 2.24) is 15.0 Å². The molecule has 9 aromatic rings. The molecule has 8 aromatic carbocycles. The van der Waals surface area contributed by atoms with Gasteiger partial charge in [0.15, 0.2) is 17.5 Å². The second-order valence-corrected chi connectivity index (χ2v) is 19.2. The van der Waals surface area contributed by atoms with Crippen molar-refractivity contribution < 1.29 is 0 Å². The van der Waals surface area contributed by atoms with Crippen LogP contribution in [0, 0.1) is 0 Å². The highest BCUT2D eigenvalue weighted by Gasteiger charge is 2.40. The topological polar surface area (TPSA) is 38.7 Å². The second kappa shape index (κ2) is 13.4. The summed E-state index contributed by atoms with van der Waals surface area (Å²) in [5.41, 5.74) is 23.1. The van der Waals surface area contributed by atoms with Crippen molar-refractivity contribution in [3.63, 3.8) is 0 Å². The van der Waals surface area contributed by atoms with E-state index >= 15 is 0 Å². The molecule has 0 amide bonds. The van der Waals surface area contributed by atoms with Gasteiger partial charge in [-0.05, 0) is 119 Å². The maximum Gasteiger partial charge on any atom is 0.164 e. The van der Waals surface area contributed by atoms with Gasteiger partial charge in [0.05, 0.1) is 0 Å². The number of nitrogens with zero attached hydrogens (tertiary/aromatic N) is 3. The summed E-state index contributed by atoms with van der Waals surface area (Å²) in [6, 6.07) is 64.4. The summed E-state index contributed by atoms with van der Waals surface area (Å²) < 4.78 is 0. The lowest BCUT2D eigenvalue weighted by Crippen LogP contribution is -2.16. The van der Waals surface area contributed by atoms with Gasteiger partial charge in [-0.25, -0.2) is 15.0 Å². The smallest absolute Gasteiger partial charge is 0.164 e. The number of rotatable bonds is 5. The molecule has 0 unspecified atom stereocenters. The molecule has 0 radical (unpaired) electrons. The van der Waals surface area contributed by atoms with E-state index in [-0.39, 0.29) is 16.2 Å². The Balaban J connectivity index is 1.07. The summed E-state index contributed by atoms with van der Waals surface area (Å²) in [5.74, 6) is 1.98. The van der Waals surface area contributed by atoms with Gasteiger partial charge in [-0.3, -0.25) is 0 Å². The lowest BCUT2D eigenvalue weighted by Gasteiger charge is -2.24. The third kappa shape index (κ3) is 5.55. The molecule has 0 atom stereocenters. The predicted octanol–water partition coefficient (Wildman–Crippen LogP) is 15.1. The molecule has 0 bridgehead atoms. The van der Waals surface area contributed by atoms with Crippen LogP contribution in [0.25, 0.3) is 89.8 Å². The van der Waals surface area contributed by atoms with E-state index in [9.17, 15) is 0 Å². The van der Waals surface area contributed by atoms with E-state index in [0.717, 1.165) is 22.3 Å². The van der Waals surface area contributed by atoms with Gasteiger partial charge >= 0.3 is 0 Å². The Morgan fingerprint density at radius 1 is 0.254 bits per heavy atom. The van der Waals surface area contributed by atoms with E-state index in [0.29, 0.717) is 17.5 Å². The molecule has 0 saturated carbocycles. The van der Waals surface area contributed by atoms with Gasteiger partial charge < -0.3 is 0 Å². The molecule has 12 rings (SSSR count). The molecule has 1 heterocycles. The highest BCUT2D eigenvalue weighted by Crippen LogP contribution is 2.56. The number of hydrogen-bond acceptors (Lipinski definition) is 3. The lowest BCUT2D eigenvalue weighted by molar-refractivity contribution is 0.659. The minimum absolute atomic E-state index is 0.0726. The summed E-state index contributed by atoms with van der Waals surface area (Å²) >= 11 is 0. The molecule has 3 aliphatic carbocycles. The van der Waals surface area contributed by atoms with Crippen LogP contribution in [0.4, 0.5) is 0 Å². The Labute approximate surface area is 370 Å². The molecule has 0 saturated heterocycles. The first-order valence-corrected chi connectivity index (χ1v) is 22.2. The Hall–Kier alpha value is -7.23. The van der Waals surface area contributed by atoms with Crippen molar-refractivity contribution in [2.45, 2.75) is 57.8 Å². The van der Waals surface area contributed by atoms with Crippen LogP contribution in [0.3, 0.4) is 0 Å². The fraction of sp³-hybridized carbons (Fsp3) is 0.150. The normalized spacial score (nSPS) is 15.2. The van der Waals surface area contributed by atoms with Crippen molar-refractivity contribution in [3.05, 3.63) is 209 Å². The summed E-state index contributed by atoms with van der Waals surface area (Å²) in [7, 11) is 0. The summed E-state index contributed by atoms with van der Waals surface area (Å²) in [5, 5.41) is 0. The van der Waals surface area contributed by atoms with Crippen LogP contribution in [0.1, 0.15) is 74.9 Å². The van der Waals surface area contributed by atoms with Gasteiger partial charge in [-0.15, -0.1) is 0 Å². The van der Waals surface area contributed by atoms with E-state index < -0.39 is 0 Å². The molecule has 1 aromatic heterocycles. The van der Waals surface area contributed by atoms with E-state index in [1.807, 2.05) is 36.4 Å². The first kappa shape index (κ1) is 37.5. The van der Waals surface area contributed by atoms with Crippen molar-refractivity contribution in [2.24, 2.45) is 0 Å². The van der Waals surface area contributed by atoms with Crippen molar-refractivity contribution in [1.29, 1.82) is 0 Å². The van der Waals surface area contributed by atoms with Crippen LogP contribution in [0.5, 0.6) is 0 Å². The largest absolute Gasteiger partial charge is 0.208 e. The molecule has 3 heteroatoms. The van der Waals surface area contributed by atoms with Gasteiger partial charge in [0.25, 0.3) is 0 Å². The van der Waals surface area contributed by atoms with Crippen molar-refractivity contribution in [3.8, 4) is 89.8 Å². The Morgan fingerprint density at radius 2 is 0.619 bits per heavy atom. The third-order valence-corrected chi connectivity index (χ3v) is 14.5. The zero-order valence-corrected chi connectivity index (χ0v) is 36.6. The molecule has 0 spiro atoms. The standard InChI is InChI=1S/C60H47N3/c1-58(2)48-23-15-13-21-42(48)44-28-25-38(32-50(44)58)39-27-30-46-52(33-39)60(5,6)53-35-41(40-26-29-45-43-22-14-16-24-49(43)59(3,4)51(45)34-40)31-47(54(46)53)57-62-55(36-17-9-7-10-18-36)61-56(63-57)37-19-11-8-12-20-37/h7-35H,1-6H3. The minimum Gasteiger partial charge on any atom is -0.208 e. The van der Waals surface area contributed by atoms with Gasteiger partial charge in [-0.2, -0.15) is 0 Å². The van der Waals surface area contributed by atoms with Gasteiger partial charge in [0.2, 0.25) is 0 Å². The lowest BCUT2D eigenvalue weighted by atomic mass is 9.79. The van der Waals surface area contributed by atoms with E-state index in [4.69, 9.17) is 15.0 Å². The molecule has 3 aliphatic rings. The first-order valence-electron chi connectivity index (χ1n) is 22.2. The van der Waals surface area contributed by atoms with Crippen molar-refractivity contribution in [2.75, 3.05) is 0 Å². The highest BCUT2D eigenvalue weighted by molar-refractivity contribution is 5.96. The van der Waals surface area contributed by atoms with Crippen LogP contribution in [-0.4, -0.2) is 15.0 Å². The number of fused-ring (bicyclic) bond motifs is 9. The molecule has 0 N–H and O–H groups in total. The predicted molar refractivity (Wildman–Crippen MR) is 260 cm³/mol. The average Bonchev–Trinajstić information content (AvgIpc) is 3.80. The fourth-order valence-electron chi connectivity index (χ4n) is 11.1. The Kier molecular flexibility index (Phi) is 7.97. The Morgan fingerprint density at radius 3 is 1.13 bits per heavy atom. The van der Waals surface area contributed by atoms with Crippen LogP contribution in [0.2, 0.25) is 0 Å². The van der Waals surface area contributed by atoms with Crippen LogP contribution >= 0.6 is 0 Å². The quantitative estimate of drug-likeness (QED) is 0.174. The van der Waals surface area contributed by atoms with E-state index in [2.05, 4.69) is 181 Å². The van der Waals surface area contributed by atoms with E-state index in [1.165, 1.54) is 83.5 Å². The zero-order valence-electron chi connectivity index (χ0n) is 36.6. The second-order valence-electron chi connectivity index (χ2n) is 19.2. The third-order valence-electron chi connectivity index (χ3n) is 14.5. The summed E-state index contributed by atoms with van der Waals surface area (Å²) in [6.07, 6.45) is 0. The molecular formula is C60H47N3. The van der Waals surface area contributed by atoms with Gasteiger partial charge in [0.1, 0.15) is 0 Å². The fourth-order valence-corrected chi connectivity index (χ4v) is 11.1. The highest BCUT2D eigenvalue weighted by atomic mass is 15.0. The number of aromatic nitrogens is 3. The van der Waals surface area contributed by atoms with Gasteiger partial charge in [0, 0.05) is 32.9 Å². The van der Waals surface area contributed by atoms with Crippen molar-refractivity contribution >= 4 is 0 Å². The van der Waals surface area contributed by atoms with E-state index in [1.54, 1.807) is 0 Å². The SMILES string of the molecule is CC1(C)c2ccccc2-c2ccc(-c3ccc4c(c3)C(C)(C)c3cc(-c5ccc6c(c5)C(C)(C)c5ccccc5-6)cc(-c5nc(-c6ccccc6)nc(-c6ccccc6)n5)c3-4)cc21. The minimum atomic E-state index is -0.318. The molecule has 63 heavy (non-hydrogen) atoms. The monoisotopic (exact) mass is 809 g/mol. The van der Waals surface area contributed by atoms with Crippen LogP contribution in [-0.2, 0) is 16.2 Å². The Bertz CT molecular complexity index is 3300. The molecule has 0 aliphatic heterocycles. The number of benzene rings is 8. The molecule has 3 nitrogen and oxygen atoms in total. The maximum absolute atomic E-state index is 5.35. The summed E-state index contributed by atoms with van der Waals surface area (Å²) in [6.45, 7) is 14.2. The molecule has 302 valence electrons. The maximum atomic E-state index is 5.35. The summed E-state index contributed by atoms with van der Waals surface area (Å²) in [4.78, 5) is 15.8. The van der Waals surface area contributed by atoms with Crippen LogP contribution in [0.15, 0.2) is 176 Å². The molecular weight excluding hydrogens is 763 g/mol. The van der Waals surface area contributed by atoms with Crippen LogP contribution < -0.4 is 0 Å². The number of hydrogen-bond donors (Lipinski definition) is 0. The first-order chi connectivity index (χ1) is 30.5.